The van der Waals surface area contributed by atoms with Gasteiger partial charge in [-0.25, -0.2) is 13.4 Å². The molecule has 0 aliphatic rings. The summed E-state index contributed by atoms with van der Waals surface area (Å²) in [6.45, 7) is 1.88. The summed E-state index contributed by atoms with van der Waals surface area (Å²) in [6.07, 6.45) is 3.52. The molecular formula is C11H11ClN2O2S. The molecule has 4 nitrogen and oxygen atoms in total. The van der Waals surface area contributed by atoms with Gasteiger partial charge in [0.25, 0.3) is 0 Å². The molecule has 0 fully saturated rings. The number of hydrogen-bond donors (Lipinski definition) is 0. The number of nitrogens with zero attached hydrogens (tertiary/aromatic N) is 2. The molecule has 90 valence electrons. The van der Waals surface area contributed by atoms with Crippen LogP contribution in [0.15, 0.2) is 36.7 Å². The second-order valence-electron chi connectivity index (χ2n) is 3.70. The first-order chi connectivity index (χ1) is 7.96. The smallest absolute Gasteiger partial charge is 0.236 e. The zero-order valence-corrected chi connectivity index (χ0v) is 10.7. The Kier molecular flexibility index (Phi) is 3.22. The Morgan fingerprint density at radius 1 is 1.41 bits per heavy atom. The zero-order chi connectivity index (χ0) is 12.5. The zero-order valence-electron chi connectivity index (χ0n) is 9.17. The van der Waals surface area contributed by atoms with E-state index in [1.807, 2.05) is 23.8 Å². The van der Waals surface area contributed by atoms with Crippen LogP contribution >= 0.6 is 10.7 Å². The second kappa shape index (κ2) is 4.50. The SMILES string of the molecule is Cc1nccn1-c1cccc(CS(=O)(=O)Cl)c1. The van der Waals surface area contributed by atoms with Gasteiger partial charge in [0.1, 0.15) is 5.82 Å². The lowest BCUT2D eigenvalue weighted by atomic mass is 10.2. The highest BCUT2D eigenvalue weighted by Gasteiger charge is 2.08. The summed E-state index contributed by atoms with van der Waals surface area (Å²) in [7, 11) is 1.70. The Hall–Kier alpha value is -1.33. The molecule has 0 saturated carbocycles. The van der Waals surface area contributed by atoms with Gasteiger partial charge in [-0.1, -0.05) is 12.1 Å². The third-order valence-electron chi connectivity index (χ3n) is 2.35. The fraction of sp³-hybridized carbons (Fsp3) is 0.182. The number of rotatable bonds is 3. The molecule has 0 atom stereocenters. The first-order valence-corrected chi connectivity index (χ1v) is 7.45. The van der Waals surface area contributed by atoms with Crippen LogP contribution in [0.5, 0.6) is 0 Å². The molecule has 0 aliphatic heterocycles. The van der Waals surface area contributed by atoms with Gasteiger partial charge in [0.05, 0.1) is 5.75 Å². The molecule has 1 heterocycles. The molecule has 0 saturated heterocycles. The number of imidazole rings is 1. The van der Waals surface area contributed by atoms with Crippen LogP contribution in [0.4, 0.5) is 0 Å². The third kappa shape index (κ3) is 3.08. The lowest BCUT2D eigenvalue weighted by Crippen LogP contribution is -1.99. The van der Waals surface area contributed by atoms with E-state index < -0.39 is 9.05 Å². The lowest BCUT2D eigenvalue weighted by molar-refractivity contribution is 0.609. The first kappa shape index (κ1) is 12.1. The molecule has 0 amide bonds. The van der Waals surface area contributed by atoms with Crippen molar-refractivity contribution in [1.29, 1.82) is 0 Å². The van der Waals surface area contributed by atoms with Crippen molar-refractivity contribution in [3.8, 4) is 5.69 Å². The molecule has 1 aromatic heterocycles. The van der Waals surface area contributed by atoms with Gasteiger partial charge in [0.2, 0.25) is 9.05 Å². The van der Waals surface area contributed by atoms with E-state index in [-0.39, 0.29) is 5.75 Å². The summed E-state index contributed by atoms with van der Waals surface area (Å²) < 4.78 is 23.9. The van der Waals surface area contributed by atoms with Gasteiger partial charge in [0, 0.05) is 28.8 Å². The van der Waals surface area contributed by atoms with Crippen LogP contribution in [0.2, 0.25) is 0 Å². The van der Waals surface area contributed by atoms with Gasteiger partial charge in [-0.05, 0) is 24.6 Å². The average Bonchev–Trinajstić information content (AvgIpc) is 2.62. The van der Waals surface area contributed by atoms with E-state index in [4.69, 9.17) is 10.7 Å². The molecular weight excluding hydrogens is 260 g/mol. The van der Waals surface area contributed by atoms with Crippen molar-refractivity contribution < 1.29 is 8.42 Å². The lowest BCUT2D eigenvalue weighted by Gasteiger charge is -2.06. The fourth-order valence-electron chi connectivity index (χ4n) is 1.65. The van der Waals surface area contributed by atoms with E-state index in [1.54, 1.807) is 24.4 Å². The summed E-state index contributed by atoms with van der Waals surface area (Å²) in [5.74, 6) is 0.673. The Morgan fingerprint density at radius 3 is 2.76 bits per heavy atom. The van der Waals surface area contributed by atoms with Crippen molar-refractivity contribution in [3.63, 3.8) is 0 Å². The van der Waals surface area contributed by atoms with E-state index in [0.717, 1.165) is 11.5 Å². The highest BCUT2D eigenvalue weighted by Crippen LogP contribution is 2.15. The minimum atomic E-state index is -3.53. The van der Waals surface area contributed by atoms with Crippen LogP contribution in [-0.4, -0.2) is 18.0 Å². The summed E-state index contributed by atoms with van der Waals surface area (Å²) in [4.78, 5) is 4.12. The Balaban J connectivity index is 2.39. The Bertz CT molecular complexity index is 634. The minimum absolute atomic E-state index is 0.170. The van der Waals surface area contributed by atoms with Gasteiger partial charge in [-0.2, -0.15) is 0 Å². The number of hydrogen-bond acceptors (Lipinski definition) is 3. The van der Waals surface area contributed by atoms with Crippen molar-refractivity contribution in [2.45, 2.75) is 12.7 Å². The van der Waals surface area contributed by atoms with Gasteiger partial charge in [-0.3, -0.25) is 0 Å². The number of aryl methyl sites for hydroxylation is 1. The number of benzene rings is 1. The maximum absolute atomic E-state index is 11.0. The molecule has 0 N–H and O–H groups in total. The quantitative estimate of drug-likeness (QED) is 0.804. The molecule has 0 bridgehead atoms. The van der Waals surface area contributed by atoms with E-state index in [1.165, 1.54) is 0 Å². The van der Waals surface area contributed by atoms with Gasteiger partial charge >= 0.3 is 0 Å². The Labute approximate surface area is 104 Å². The average molecular weight is 271 g/mol. The summed E-state index contributed by atoms with van der Waals surface area (Å²) in [5.41, 5.74) is 1.53. The van der Waals surface area contributed by atoms with Crippen molar-refractivity contribution in [2.75, 3.05) is 0 Å². The third-order valence-corrected chi connectivity index (χ3v) is 3.36. The van der Waals surface area contributed by atoms with Crippen LogP contribution in [0.3, 0.4) is 0 Å². The van der Waals surface area contributed by atoms with Crippen LogP contribution in [-0.2, 0) is 14.8 Å². The molecule has 0 unspecified atom stereocenters. The minimum Gasteiger partial charge on any atom is -0.304 e. The second-order valence-corrected chi connectivity index (χ2v) is 6.47. The largest absolute Gasteiger partial charge is 0.304 e. The van der Waals surface area contributed by atoms with E-state index in [9.17, 15) is 8.42 Å². The van der Waals surface area contributed by atoms with Crippen molar-refractivity contribution >= 4 is 19.7 Å². The predicted octanol–water partition coefficient (Wildman–Crippen LogP) is 2.25. The maximum atomic E-state index is 11.0. The standard InChI is InChI=1S/C11H11ClN2O2S/c1-9-13-5-6-14(9)11-4-2-3-10(7-11)8-17(12,15)16/h2-7H,8H2,1H3. The van der Waals surface area contributed by atoms with Crippen molar-refractivity contribution in [1.82, 2.24) is 9.55 Å². The number of halogens is 1. The monoisotopic (exact) mass is 270 g/mol. The molecule has 0 aliphatic carbocycles. The molecule has 17 heavy (non-hydrogen) atoms. The summed E-state index contributed by atoms with van der Waals surface area (Å²) in [6, 6.07) is 7.20. The highest BCUT2D eigenvalue weighted by molar-refractivity contribution is 8.13. The Morgan fingerprint density at radius 2 is 2.18 bits per heavy atom. The summed E-state index contributed by atoms with van der Waals surface area (Å²) in [5, 5.41) is 0. The molecule has 0 spiro atoms. The van der Waals surface area contributed by atoms with Crippen LogP contribution in [0.1, 0.15) is 11.4 Å². The van der Waals surface area contributed by atoms with Crippen LogP contribution in [0, 0.1) is 6.92 Å². The summed E-state index contributed by atoms with van der Waals surface area (Å²) >= 11 is 0. The van der Waals surface area contributed by atoms with E-state index in [2.05, 4.69) is 4.98 Å². The molecule has 2 aromatic rings. The highest BCUT2D eigenvalue weighted by atomic mass is 35.7. The van der Waals surface area contributed by atoms with Gasteiger partial charge in [0.15, 0.2) is 0 Å². The number of aromatic nitrogens is 2. The van der Waals surface area contributed by atoms with Crippen LogP contribution in [0.25, 0.3) is 5.69 Å². The van der Waals surface area contributed by atoms with E-state index >= 15 is 0 Å². The van der Waals surface area contributed by atoms with E-state index in [0.29, 0.717) is 5.56 Å². The maximum Gasteiger partial charge on any atom is 0.236 e. The topological polar surface area (TPSA) is 52.0 Å². The molecule has 2 rings (SSSR count). The molecule has 0 radical (unpaired) electrons. The fourth-order valence-corrected chi connectivity index (χ4v) is 2.60. The van der Waals surface area contributed by atoms with Gasteiger partial charge in [-0.15, -0.1) is 0 Å². The van der Waals surface area contributed by atoms with Crippen LogP contribution < -0.4 is 0 Å². The van der Waals surface area contributed by atoms with Crippen molar-refractivity contribution in [2.24, 2.45) is 0 Å². The molecule has 6 heteroatoms. The first-order valence-electron chi connectivity index (χ1n) is 4.97. The normalized spacial score (nSPS) is 11.6. The molecule has 1 aromatic carbocycles. The van der Waals surface area contributed by atoms with Gasteiger partial charge < -0.3 is 4.57 Å². The van der Waals surface area contributed by atoms with Crippen molar-refractivity contribution in [3.05, 3.63) is 48.0 Å². The predicted molar refractivity (Wildman–Crippen MR) is 66.8 cm³/mol.